The molecule has 0 spiro atoms. The average Bonchev–Trinajstić information content (AvgIpc) is 2.29. The minimum absolute atomic E-state index is 0.415. The van der Waals surface area contributed by atoms with Crippen molar-refractivity contribution in [2.24, 2.45) is 0 Å². The Hall–Kier alpha value is -0.160. The van der Waals surface area contributed by atoms with Crippen LogP contribution in [0.1, 0.15) is 19.3 Å². The van der Waals surface area contributed by atoms with Gasteiger partial charge in [-0.15, -0.1) is 0 Å². The molecule has 0 amide bonds. The topological polar surface area (TPSA) is 39.7 Å². The molecule has 1 unspecified atom stereocenters. The molecule has 0 radical (unpaired) electrons. The van der Waals surface area contributed by atoms with Crippen molar-refractivity contribution in [3.05, 3.63) is 0 Å². The standard InChI is InChI=1S/C11H23NO3/c1-13-8-9-14-7-5-12-10-11-4-2-3-6-15-11/h11-12H,2-10H2,1H3. The van der Waals surface area contributed by atoms with Gasteiger partial charge in [-0.25, -0.2) is 0 Å². The van der Waals surface area contributed by atoms with Gasteiger partial charge in [0, 0.05) is 26.8 Å². The molecule has 0 aliphatic carbocycles. The Kier molecular flexibility index (Phi) is 7.83. The van der Waals surface area contributed by atoms with Gasteiger partial charge in [0.1, 0.15) is 0 Å². The SMILES string of the molecule is COCCOCCNCC1CCCCO1. The highest BCUT2D eigenvalue weighted by atomic mass is 16.5. The number of methoxy groups -OCH3 is 1. The van der Waals surface area contributed by atoms with Crippen LogP contribution >= 0.6 is 0 Å². The number of nitrogens with one attached hydrogen (secondary N) is 1. The highest BCUT2D eigenvalue weighted by Crippen LogP contribution is 2.11. The number of rotatable bonds is 8. The zero-order valence-corrected chi connectivity index (χ0v) is 9.67. The minimum atomic E-state index is 0.415. The van der Waals surface area contributed by atoms with E-state index in [1.807, 2.05) is 0 Å². The third-order valence-corrected chi connectivity index (χ3v) is 2.50. The lowest BCUT2D eigenvalue weighted by Gasteiger charge is -2.22. The van der Waals surface area contributed by atoms with E-state index < -0.39 is 0 Å². The van der Waals surface area contributed by atoms with E-state index in [-0.39, 0.29) is 0 Å². The molecular weight excluding hydrogens is 194 g/mol. The maximum atomic E-state index is 5.60. The molecule has 1 saturated heterocycles. The molecule has 1 heterocycles. The van der Waals surface area contributed by atoms with E-state index in [9.17, 15) is 0 Å². The molecule has 0 saturated carbocycles. The summed E-state index contributed by atoms with van der Waals surface area (Å²) in [5.41, 5.74) is 0. The Morgan fingerprint density at radius 2 is 2.20 bits per heavy atom. The summed E-state index contributed by atoms with van der Waals surface area (Å²) < 4.78 is 15.8. The van der Waals surface area contributed by atoms with Crippen molar-refractivity contribution in [2.75, 3.05) is 46.6 Å². The van der Waals surface area contributed by atoms with Gasteiger partial charge in [-0.1, -0.05) is 0 Å². The molecule has 15 heavy (non-hydrogen) atoms. The summed E-state index contributed by atoms with van der Waals surface area (Å²) in [4.78, 5) is 0. The molecule has 1 aliphatic heterocycles. The third-order valence-electron chi connectivity index (χ3n) is 2.50. The first-order chi connectivity index (χ1) is 7.43. The quantitative estimate of drug-likeness (QED) is 0.611. The first-order valence-electron chi connectivity index (χ1n) is 5.82. The van der Waals surface area contributed by atoms with Crippen molar-refractivity contribution >= 4 is 0 Å². The van der Waals surface area contributed by atoms with E-state index in [0.717, 1.165) is 26.3 Å². The highest BCUT2D eigenvalue weighted by molar-refractivity contribution is 4.65. The maximum absolute atomic E-state index is 5.60. The van der Waals surface area contributed by atoms with Gasteiger partial charge < -0.3 is 19.5 Å². The third kappa shape index (κ3) is 6.84. The normalized spacial score (nSPS) is 21.8. The smallest absolute Gasteiger partial charge is 0.0700 e. The van der Waals surface area contributed by atoms with Crippen LogP contribution in [0.5, 0.6) is 0 Å². The number of ether oxygens (including phenoxy) is 3. The zero-order chi connectivity index (χ0) is 10.8. The minimum Gasteiger partial charge on any atom is -0.382 e. The Labute approximate surface area is 92.3 Å². The van der Waals surface area contributed by atoms with Gasteiger partial charge in [-0.2, -0.15) is 0 Å². The van der Waals surface area contributed by atoms with Gasteiger partial charge in [0.05, 0.1) is 25.9 Å². The average molecular weight is 217 g/mol. The molecule has 0 aromatic heterocycles. The van der Waals surface area contributed by atoms with E-state index in [1.54, 1.807) is 7.11 Å². The Bertz CT molecular complexity index is 138. The maximum Gasteiger partial charge on any atom is 0.0700 e. The molecule has 1 fully saturated rings. The predicted molar refractivity (Wildman–Crippen MR) is 59.2 cm³/mol. The highest BCUT2D eigenvalue weighted by Gasteiger charge is 2.12. The summed E-state index contributed by atoms with van der Waals surface area (Å²) in [7, 11) is 1.68. The summed E-state index contributed by atoms with van der Waals surface area (Å²) in [5, 5.41) is 3.34. The molecule has 1 N–H and O–H groups in total. The first kappa shape index (κ1) is 12.9. The second-order valence-electron chi connectivity index (χ2n) is 3.80. The first-order valence-corrected chi connectivity index (χ1v) is 5.82. The van der Waals surface area contributed by atoms with Crippen LogP contribution in [-0.2, 0) is 14.2 Å². The van der Waals surface area contributed by atoms with Crippen molar-refractivity contribution in [1.29, 1.82) is 0 Å². The van der Waals surface area contributed by atoms with Crippen LogP contribution in [0.25, 0.3) is 0 Å². The Morgan fingerprint density at radius 1 is 1.27 bits per heavy atom. The summed E-state index contributed by atoms with van der Waals surface area (Å²) in [6.45, 7) is 4.87. The molecule has 1 atom stereocenters. The lowest BCUT2D eigenvalue weighted by Crippen LogP contribution is -2.33. The lowest BCUT2D eigenvalue weighted by molar-refractivity contribution is 0.0150. The molecule has 0 aromatic rings. The van der Waals surface area contributed by atoms with Crippen molar-refractivity contribution in [3.8, 4) is 0 Å². The summed E-state index contributed by atoms with van der Waals surface area (Å²) in [5.74, 6) is 0. The van der Waals surface area contributed by atoms with Crippen LogP contribution in [0.15, 0.2) is 0 Å². The van der Waals surface area contributed by atoms with Gasteiger partial charge in [0.15, 0.2) is 0 Å². The fourth-order valence-corrected chi connectivity index (χ4v) is 1.62. The Balaban J connectivity index is 1.79. The van der Waals surface area contributed by atoms with E-state index in [0.29, 0.717) is 19.3 Å². The fraction of sp³-hybridized carbons (Fsp3) is 1.00. The largest absolute Gasteiger partial charge is 0.382 e. The van der Waals surface area contributed by atoms with Crippen molar-refractivity contribution in [2.45, 2.75) is 25.4 Å². The molecule has 1 aliphatic rings. The molecule has 90 valence electrons. The van der Waals surface area contributed by atoms with Crippen LogP contribution in [0.4, 0.5) is 0 Å². The van der Waals surface area contributed by atoms with Crippen LogP contribution in [0.3, 0.4) is 0 Å². The van der Waals surface area contributed by atoms with Crippen LogP contribution in [-0.4, -0.2) is 52.7 Å². The van der Waals surface area contributed by atoms with Gasteiger partial charge in [0.2, 0.25) is 0 Å². The van der Waals surface area contributed by atoms with Gasteiger partial charge in [-0.3, -0.25) is 0 Å². The summed E-state index contributed by atoms with van der Waals surface area (Å²) >= 11 is 0. The van der Waals surface area contributed by atoms with Crippen LogP contribution in [0, 0.1) is 0 Å². The molecule has 1 rings (SSSR count). The zero-order valence-electron chi connectivity index (χ0n) is 9.67. The molecular formula is C11H23NO3. The number of hydrogen-bond donors (Lipinski definition) is 1. The van der Waals surface area contributed by atoms with E-state index in [4.69, 9.17) is 14.2 Å². The molecule has 0 aromatic carbocycles. The van der Waals surface area contributed by atoms with Crippen LogP contribution < -0.4 is 5.32 Å². The van der Waals surface area contributed by atoms with Gasteiger partial charge in [0.25, 0.3) is 0 Å². The second-order valence-corrected chi connectivity index (χ2v) is 3.80. The van der Waals surface area contributed by atoms with Crippen molar-refractivity contribution < 1.29 is 14.2 Å². The van der Waals surface area contributed by atoms with Gasteiger partial charge in [-0.05, 0) is 19.3 Å². The predicted octanol–water partition coefficient (Wildman–Crippen LogP) is 0.808. The van der Waals surface area contributed by atoms with E-state index in [2.05, 4.69) is 5.32 Å². The summed E-state index contributed by atoms with van der Waals surface area (Å²) in [6, 6.07) is 0. The van der Waals surface area contributed by atoms with Crippen molar-refractivity contribution in [1.82, 2.24) is 5.32 Å². The molecule has 0 bridgehead atoms. The molecule has 4 heteroatoms. The number of hydrogen-bond acceptors (Lipinski definition) is 4. The lowest BCUT2D eigenvalue weighted by atomic mass is 10.1. The fourth-order valence-electron chi connectivity index (χ4n) is 1.62. The van der Waals surface area contributed by atoms with Crippen molar-refractivity contribution in [3.63, 3.8) is 0 Å². The van der Waals surface area contributed by atoms with E-state index in [1.165, 1.54) is 19.3 Å². The Morgan fingerprint density at radius 3 is 2.93 bits per heavy atom. The second kappa shape index (κ2) is 9.09. The summed E-state index contributed by atoms with van der Waals surface area (Å²) in [6.07, 6.45) is 4.13. The van der Waals surface area contributed by atoms with E-state index >= 15 is 0 Å². The monoisotopic (exact) mass is 217 g/mol. The van der Waals surface area contributed by atoms with Crippen LogP contribution in [0.2, 0.25) is 0 Å². The van der Waals surface area contributed by atoms with Gasteiger partial charge >= 0.3 is 0 Å². The molecule has 4 nitrogen and oxygen atoms in total.